The molecule has 0 atom stereocenters. The Morgan fingerprint density at radius 1 is 1.04 bits per heavy atom. The molecular weight excluding hydrogens is 366 g/mol. The number of anilines is 1. The van der Waals surface area contributed by atoms with Crippen molar-refractivity contribution in [1.82, 2.24) is 0 Å². The Labute approximate surface area is 147 Å². The minimum Gasteiger partial charge on any atom is -0.507 e. The standard InChI is InChI=1S/C16H19NO6S2/c1-10-9-14(17-24(4,19)20)16(11(2)15(10)18)25(21,22)13-7-5-12(23-3)6-8-13/h5-9,17-18H,1-4H3. The van der Waals surface area contributed by atoms with E-state index in [1.807, 2.05) is 0 Å². The number of rotatable bonds is 5. The van der Waals surface area contributed by atoms with Crippen LogP contribution in [0.5, 0.6) is 11.5 Å². The Morgan fingerprint density at radius 2 is 1.60 bits per heavy atom. The number of phenolic OH excluding ortho intramolecular Hbond substituents is 1. The molecule has 2 rings (SSSR count). The maximum absolute atomic E-state index is 13.0. The summed E-state index contributed by atoms with van der Waals surface area (Å²) >= 11 is 0. The lowest BCUT2D eigenvalue weighted by atomic mass is 10.1. The van der Waals surface area contributed by atoms with Crippen molar-refractivity contribution >= 4 is 25.5 Å². The number of aromatic hydroxyl groups is 1. The highest BCUT2D eigenvalue weighted by molar-refractivity contribution is 7.93. The second-order valence-electron chi connectivity index (χ2n) is 5.60. The van der Waals surface area contributed by atoms with Gasteiger partial charge in [0, 0.05) is 5.56 Å². The van der Waals surface area contributed by atoms with Gasteiger partial charge < -0.3 is 9.84 Å². The Bertz CT molecular complexity index is 1010. The van der Waals surface area contributed by atoms with Gasteiger partial charge in [-0.2, -0.15) is 0 Å². The molecule has 2 aromatic rings. The van der Waals surface area contributed by atoms with Crippen molar-refractivity contribution in [2.24, 2.45) is 0 Å². The number of ether oxygens (including phenoxy) is 1. The van der Waals surface area contributed by atoms with Gasteiger partial charge in [-0.25, -0.2) is 16.8 Å². The highest BCUT2D eigenvalue weighted by atomic mass is 32.2. The van der Waals surface area contributed by atoms with Crippen molar-refractivity contribution in [2.75, 3.05) is 18.1 Å². The van der Waals surface area contributed by atoms with E-state index in [1.165, 1.54) is 44.4 Å². The second kappa shape index (κ2) is 6.57. The van der Waals surface area contributed by atoms with Crippen LogP contribution < -0.4 is 9.46 Å². The molecule has 0 spiro atoms. The molecule has 0 unspecified atom stereocenters. The van der Waals surface area contributed by atoms with E-state index < -0.39 is 19.9 Å². The van der Waals surface area contributed by atoms with Crippen molar-refractivity contribution in [3.05, 3.63) is 41.5 Å². The Morgan fingerprint density at radius 3 is 2.08 bits per heavy atom. The Balaban J connectivity index is 2.76. The summed E-state index contributed by atoms with van der Waals surface area (Å²) < 4.78 is 56.5. The molecule has 0 amide bonds. The first-order chi connectivity index (χ1) is 11.5. The van der Waals surface area contributed by atoms with E-state index in [1.54, 1.807) is 6.92 Å². The third-order valence-corrected chi connectivity index (χ3v) is 6.16. The molecule has 25 heavy (non-hydrogen) atoms. The summed E-state index contributed by atoms with van der Waals surface area (Å²) in [5.74, 6) is 0.281. The number of phenols is 1. The van der Waals surface area contributed by atoms with E-state index in [0.29, 0.717) is 11.3 Å². The first-order valence-corrected chi connectivity index (χ1v) is 10.5. The number of aryl methyl sites for hydroxylation is 1. The number of methoxy groups -OCH3 is 1. The van der Waals surface area contributed by atoms with E-state index in [2.05, 4.69) is 4.72 Å². The number of sulfonamides is 1. The first-order valence-electron chi connectivity index (χ1n) is 7.17. The van der Waals surface area contributed by atoms with Gasteiger partial charge in [-0.1, -0.05) is 0 Å². The molecule has 0 aliphatic carbocycles. The van der Waals surface area contributed by atoms with Crippen molar-refractivity contribution in [3.63, 3.8) is 0 Å². The van der Waals surface area contributed by atoms with E-state index in [4.69, 9.17) is 4.74 Å². The van der Waals surface area contributed by atoms with Crippen LogP contribution in [0.1, 0.15) is 11.1 Å². The summed E-state index contributed by atoms with van der Waals surface area (Å²) in [5, 5.41) is 10.1. The SMILES string of the molecule is COc1ccc(S(=O)(=O)c2c(NS(C)(=O)=O)cc(C)c(O)c2C)cc1. The quantitative estimate of drug-likeness (QED) is 0.764. The molecule has 0 aliphatic rings. The Hall–Kier alpha value is -2.26. The zero-order chi connectivity index (χ0) is 19.0. The van der Waals surface area contributed by atoms with Gasteiger partial charge in [0.05, 0.1) is 23.9 Å². The number of sulfone groups is 1. The molecule has 7 nitrogen and oxygen atoms in total. The normalized spacial score (nSPS) is 12.0. The van der Waals surface area contributed by atoms with Gasteiger partial charge in [-0.05, 0) is 49.7 Å². The number of nitrogens with one attached hydrogen (secondary N) is 1. The van der Waals surface area contributed by atoms with Crippen LogP contribution in [0.4, 0.5) is 5.69 Å². The second-order valence-corrected chi connectivity index (χ2v) is 9.23. The highest BCUT2D eigenvalue weighted by Gasteiger charge is 2.27. The van der Waals surface area contributed by atoms with Crippen molar-refractivity contribution in [2.45, 2.75) is 23.6 Å². The zero-order valence-corrected chi connectivity index (χ0v) is 15.8. The van der Waals surface area contributed by atoms with Gasteiger partial charge in [-0.15, -0.1) is 0 Å². The van der Waals surface area contributed by atoms with Crippen LogP contribution in [0.25, 0.3) is 0 Å². The summed E-state index contributed by atoms with van der Waals surface area (Å²) in [6, 6.07) is 6.98. The lowest BCUT2D eigenvalue weighted by Gasteiger charge is -2.17. The maximum Gasteiger partial charge on any atom is 0.229 e. The summed E-state index contributed by atoms with van der Waals surface area (Å²) in [6.45, 7) is 2.98. The van der Waals surface area contributed by atoms with Gasteiger partial charge in [0.1, 0.15) is 16.4 Å². The average Bonchev–Trinajstić information content (AvgIpc) is 2.51. The molecule has 0 radical (unpaired) electrons. The molecule has 0 saturated carbocycles. The summed E-state index contributed by atoms with van der Waals surface area (Å²) in [6.07, 6.45) is 0.925. The third-order valence-electron chi connectivity index (χ3n) is 3.61. The van der Waals surface area contributed by atoms with E-state index in [-0.39, 0.29) is 26.8 Å². The van der Waals surface area contributed by atoms with Gasteiger partial charge in [-0.3, -0.25) is 4.72 Å². The average molecular weight is 385 g/mol. The number of benzene rings is 2. The van der Waals surface area contributed by atoms with E-state index in [9.17, 15) is 21.9 Å². The molecule has 0 heterocycles. The summed E-state index contributed by atoms with van der Waals surface area (Å²) in [5.41, 5.74) is 0.324. The van der Waals surface area contributed by atoms with E-state index in [0.717, 1.165) is 6.26 Å². The monoisotopic (exact) mass is 385 g/mol. The van der Waals surface area contributed by atoms with Crippen LogP contribution in [0.2, 0.25) is 0 Å². The first kappa shape index (κ1) is 19.1. The molecule has 2 N–H and O–H groups in total. The number of hydrogen-bond donors (Lipinski definition) is 2. The fourth-order valence-electron chi connectivity index (χ4n) is 2.45. The fourth-order valence-corrected chi connectivity index (χ4v) is 4.70. The largest absolute Gasteiger partial charge is 0.507 e. The van der Waals surface area contributed by atoms with Crippen molar-refractivity contribution in [3.8, 4) is 11.5 Å². The lowest BCUT2D eigenvalue weighted by molar-refractivity contribution is 0.414. The van der Waals surface area contributed by atoms with Crippen molar-refractivity contribution < 1.29 is 26.7 Å². The minimum atomic E-state index is -4.08. The number of hydrogen-bond acceptors (Lipinski definition) is 6. The summed E-state index contributed by atoms with van der Waals surface area (Å²) in [7, 11) is -6.34. The lowest BCUT2D eigenvalue weighted by Crippen LogP contribution is -2.15. The van der Waals surface area contributed by atoms with Crippen LogP contribution in [0.3, 0.4) is 0 Å². The molecule has 0 bridgehead atoms. The minimum absolute atomic E-state index is 0.0452. The van der Waals surface area contributed by atoms with Crippen molar-refractivity contribution in [1.29, 1.82) is 0 Å². The van der Waals surface area contributed by atoms with Crippen LogP contribution in [0, 0.1) is 13.8 Å². The zero-order valence-electron chi connectivity index (χ0n) is 14.2. The van der Waals surface area contributed by atoms with Gasteiger partial charge in [0.2, 0.25) is 19.9 Å². The smallest absolute Gasteiger partial charge is 0.229 e. The Kier molecular flexibility index (Phi) is 5.01. The van der Waals surface area contributed by atoms with Crippen LogP contribution in [-0.4, -0.2) is 35.3 Å². The topological polar surface area (TPSA) is 110 Å². The van der Waals surface area contributed by atoms with Crippen LogP contribution >= 0.6 is 0 Å². The molecular formula is C16H19NO6S2. The molecule has 0 fully saturated rings. The fraction of sp³-hybridized carbons (Fsp3) is 0.250. The summed E-state index contributed by atoms with van der Waals surface area (Å²) in [4.78, 5) is -0.331. The maximum atomic E-state index is 13.0. The molecule has 2 aromatic carbocycles. The van der Waals surface area contributed by atoms with Gasteiger partial charge >= 0.3 is 0 Å². The van der Waals surface area contributed by atoms with Crippen LogP contribution in [-0.2, 0) is 19.9 Å². The highest BCUT2D eigenvalue weighted by Crippen LogP contribution is 2.38. The molecule has 0 aliphatic heterocycles. The molecule has 0 saturated heterocycles. The molecule has 136 valence electrons. The predicted octanol–water partition coefficient (Wildman–Crippen LogP) is 2.22. The predicted molar refractivity (Wildman–Crippen MR) is 94.5 cm³/mol. The van der Waals surface area contributed by atoms with Gasteiger partial charge in [0.25, 0.3) is 0 Å². The van der Waals surface area contributed by atoms with Gasteiger partial charge in [0.15, 0.2) is 0 Å². The van der Waals surface area contributed by atoms with Crippen LogP contribution in [0.15, 0.2) is 40.1 Å². The third kappa shape index (κ3) is 3.88. The molecule has 0 aromatic heterocycles. The van der Waals surface area contributed by atoms with E-state index >= 15 is 0 Å². The molecule has 9 heteroatoms.